The van der Waals surface area contributed by atoms with Gasteiger partial charge in [-0.3, -0.25) is 0 Å². The highest BCUT2D eigenvalue weighted by Crippen LogP contribution is 2.27. The van der Waals surface area contributed by atoms with Gasteiger partial charge in [-0.2, -0.15) is 4.98 Å². The van der Waals surface area contributed by atoms with Crippen LogP contribution in [-0.4, -0.2) is 34.3 Å². The third-order valence-corrected chi connectivity index (χ3v) is 4.06. The van der Waals surface area contributed by atoms with Crippen LogP contribution in [-0.2, 0) is 13.0 Å². The van der Waals surface area contributed by atoms with E-state index in [2.05, 4.69) is 51.4 Å². The van der Waals surface area contributed by atoms with Gasteiger partial charge in [0.1, 0.15) is 5.82 Å². The van der Waals surface area contributed by atoms with E-state index < -0.39 is 0 Å². The van der Waals surface area contributed by atoms with E-state index in [4.69, 9.17) is 5.11 Å². The van der Waals surface area contributed by atoms with Crippen molar-refractivity contribution in [2.75, 3.05) is 23.4 Å². The molecule has 0 spiro atoms. The first-order chi connectivity index (χ1) is 10.8. The van der Waals surface area contributed by atoms with E-state index in [-0.39, 0.29) is 6.61 Å². The molecule has 0 aliphatic carbocycles. The van der Waals surface area contributed by atoms with Crippen molar-refractivity contribution < 1.29 is 5.11 Å². The summed E-state index contributed by atoms with van der Waals surface area (Å²) in [5, 5.41) is 12.0. The fourth-order valence-electron chi connectivity index (χ4n) is 2.86. The molecule has 3 rings (SSSR count). The molecule has 2 N–H and O–H groups in total. The average molecular weight is 298 g/mol. The van der Waals surface area contributed by atoms with Crippen molar-refractivity contribution >= 4 is 11.8 Å². The molecule has 0 fully saturated rings. The maximum Gasteiger partial charge on any atom is 0.224 e. The van der Waals surface area contributed by atoms with Crippen molar-refractivity contribution in [2.24, 2.45) is 0 Å². The molecule has 1 aromatic carbocycles. The lowest BCUT2D eigenvalue weighted by Gasteiger charge is -2.35. The number of aromatic nitrogens is 2. The molecule has 2 aromatic rings. The molecule has 5 nitrogen and oxygen atoms in total. The largest absolute Gasteiger partial charge is 0.396 e. The van der Waals surface area contributed by atoms with Crippen molar-refractivity contribution in [3.63, 3.8) is 0 Å². The van der Waals surface area contributed by atoms with Crippen LogP contribution in [0, 0.1) is 0 Å². The smallest absolute Gasteiger partial charge is 0.224 e. The first-order valence-electron chi connectivity index (χ1n) is 7.79. The molecule has 1 aromatic heterocycles. The van der Waals surface area contributed by atoms with Crippen LogP contribution in [0.3, 0.4) is 0 Å². The van der Waals surface area contributed by atoms with Crippen molar-refractivity contribution in [3.8, 4) is 0 Å². The number of hydrogen-bond acceptors (Lipinski definition) is 5. The van der Waals surface area contributed by atoms with E-state index >= 15 is 0 Å². The monoisotopic (exact) mass is 298 g/mol. The molecule has 0 saturated heterocycles. The van der Waals surface area contributed by atoms with E-state index in [9.17, 15) is 0 Å². The summed E-state index contributed by atoms with van der Waals surface area (Å²) < 4.78 is 0. The highest BCUT2D eigenvalue weighted by Gasteiger charge is 2.23. The Morgan fingerprint density at radius 2 is 2.09 bits per heavy atom. The molecule has 0 unspecified atom stereocenters. The van der Waals surface area contributed by atoms with Crippen LogP contribution in [0.4, 0.5) is 11.8 Å². The van der Waals surface area contributed by atoms with Gasteiger partial charge in [0, 0.05) is 31.9 Å². The Morgan fingerprint density at radius 1 is 1.27 bits per heavy atom. The maximum absolute atomic E-state index is 8.84. The van der Waals surface area contributed by atoms with Gasteiger partial charge in [0.15, 0.2) is 0 Å². The van der Waals surface area contributed by atoms with Gasteiger partial charge in [0.2, 0.25) is 5.95 Å². The Kier molecular flexibility index (Phi) is 4.53. The van der Waals surface area contributed by atoms with E-state index in [1.165, 1.54) is 11.1 Å². The van der Waals surface area contributed by atoms with E-state index in [0.29, 0.717) is 25.0 Å². The second-order valence-electron chi connectivity index (χ2n) is 5.69. The zero-order valence-corrected chi connectivity index (χ0v) is 12.9. The third kappa shape index (κ3) is 3.20. The number of aliphatic hydroxyl groups excluding tert-OH is 1. The number of rotatable bonds is 5. The number of fused-ring (bicyclic) bond motifs is 1. The topological polar surface area (TPSA) is 61.3 Å². The zero-order chi connectivity index (χ0) is 15.4. The van der Waals surface area contributed by atoms with Crippen molar-refractivity contribution in [2.45, 2.75) is 32.4 Å². The lowest BCUT2D eigenvalue weighted by atomic mass is 9.95. The summed E-state index contributed by atoms with van der Waals surface area (Å²) in [6.45, 7) is 3.96. The van der Waals surface area contributed by atoms with Crippen LogP contribution < -0.4 is 10.2 Å². The highest BCUT2D eigenvalue weighted by molar-refractivity contribution is 5.47. The first kappa shape index (κ1) is 14.8. The number of hydrogen-bond donors (Lipinski definition) is 2. The van der Waals surface area contributed by atoms with Crippen molar-refractivity contribution in [3.05, 3.63) is 47.7 Å². The predicted molar refractivity (Wildman–Crippen MR) is 88.0 cm³/mol. The Morgan fingerprint density at radius 3 is 2.91 bits per heavy atom. The van der Waals surface area contributed by atoms with Gasteiger partial charge in [-0.15, -0.1) is 0 Å². The zero-order valence-electron chi connectivity index (χ0n) is 12.9. The quantitative estimate of drug-likeness (QED) is 0.829. The van der Waals surface area contributed by atoms with Gasteiger partial charge < -0.3 is 15.3 Å². The summed E-state index contributed by atoms with van der Waals surface area (Å²) in [7, 11) is 0. The van der Waals surface area contributed by atoms with Gasteiger partial charge in [-0.25, -0.2) is 4.98 Å². The van der Waals surface area contributed by atoms with Gasteiger partial charge in [-0.1, -0.05) is 24.3 Å². The summed E-state index contributed by atoms with van der Waals surface area (Å²) in [6, 6.07) is 11.0. The number of nitrogens with one attached hydrogen (secondary N) is 1. The summed E-state index contributed by atoms with van der Waals surface area (Å²) in [6.07, 6.45) is 3.52. The molecular weight excluding hydrogens is 276 g/mol. The Bertz CT molecular complexity index is 632. The van der Waals surface area contributed by atoms with Crippen molar-refractivity contribution in [1.29, 1.82) is 0 Å². The molecule has 0 radical (unpaired) electrons. The summed E-state index contributed by atoms with van der Waals surface area (Å²) in [5.41, 5.74) is 2.80. The molecule has 1 aliphatic heterocycles. The van der Waals surface area contributed by atoms with Crippen LogP contribution in [0.25, 0.3) is 0 Å². The third-order valence-electron chi connectivity index (χ3n) is 4.06. The van der Waals surface area contributed by atoms with Crippen LogP contribution >= 0.6 is 0 Å². The molecule has 0 saturated carbocycles. The molecule has 0 bridgehead atoms. The Labute approximate surface area is 131 Å². The first-order valence-corrected chi connectivity index (χ1v) is 7.79. The van der Waals surface area contributed by atoms with Crippen LogP contribution in [0.5, 0.6) is 0 Å². The Balaban J connectivity index is 1.78. The van der Waals surface area contributed by atoms with Crippen molar-refractivity contribution in [1.82, 2.24) is 9.97 Å². The molecule has 1 aliphatic rings. The Hall–Kier alpha value is -2.14. The van der Waals surface area contributed by atoms with E-state index in [1.54, 1.807) is 6.20 Å². The maximum atomic E-state index is 8.84. The summed E-state index contributed by atoms with van der Waals surface area (Å²) in [4.78, 5) is 11.2. The van der Waals surface area contributed by atoms with Gasteiger partial charge in [0.05, 0.1) is 0 Å². The summed E-state index contributed by atoms with van der Waals surface area (Å²) >= 11 is 0. The normalized spacial score (nSPS) is 17.2. The number of benzene rings is 1. The number of anilines is 2. The summed E-state index contributed by atoms with van der Waals surface area (Å²) in [5.74, 6) is 1.57. The molecule has 22 heavy (non-hydrogen) atoms. The average Bonchev–Trinajstić information content (AvgIpc) is 2.55. The lowest BCUT2D eigenvalue weighted by Crippen LogP contribution is -2.39. The number of aliphatic hydroxyl groups is 1. The molecule has 5 heteroatoms. The lowest BCUT2D eigenvalue weighted by molar-refractivity contribution is 0.292. The number of nitrogens with zero attached hydrogens (tertiary/aromatic N) is 3. The second kappa shape index (κ2) is 6.75. The van der Waals surface area contributed by atoms with Gasteiger partial charge in [0.25, 0.3) is 0 Å². The van der Waals surface area contributed by atoms with E-state index in [0.717, 1.165) is 18.8 Å². The van der Waals surface area contributed by atoms with Crippen LogP contribution in [0.1, 0.15) is 24.5 Å². The van der Waals surface area contributed by atoms with Crippen LogP contribution in [0.15, 0.2) is 36.5 Å². The second-order valence-corrected chi connectivity index (χ2v) is 5.69. The van der Waals surface area contributed by atoms with Gasteiger partial charge in [-0.05, 0) is 37.0 Å². The molecular formula is C17H22N4O. The van der Waals surface area contributed by atoms with Crippen LogP contribution in [0.2, 0.25) is 0 Å². The minimum absolute atomic E-state index is 0.173. The molecule has 116 valence electrons. The molecule has 0 amide bonds. The minimum Gasteiger partial charge on any atom is -0.396 e. The SMILES string of the molecule is C[C@H]1Cc2ccccc2CN1c1ccnc(NCCCO)n1. The highest BCUT2D eigenvalue weighted by atomic mass is 16.3. The molecule has 2 heterocycles. The fourth-order valence-corrected chi connectivity index (χ4v) is 2.86. The standard InChI is InChI=1S/C17H22N4O/c1-13-11-14-5-2-3-6-15(14)12-21(13)16-7-9-19-17(20-16)18-8-4-10-22/h2-3,5-7,9,13,22H,4,8,10-12H2,1H3,(H,18,19,20)/t13-/m0/s1. The minimum atomic E-state index is 0.173. The molecule has 1 atom stereocenters. The predicted octanol–water partition coefficient (Wildman–Crippen LogP) is 2.22. The fraction of sp³-hybridized carbons (Fsp3) is 0.412. The van der Waals surface area contributed by atoms with Gasteiger partial charge >= 0.3 is 0 Å². The van der Waals surface area contributed by atoms with E-state index in [1.807, 2.05) is 6.07 Å².